The summed E-state index contributed by atoms with van der Waals surface area (Å²) in [6.07, 6.45) is 2.14. The van der Waals surface area contributed by atoms with Crippen LogP contribution in [-0.2, 0) is 25.9 Å². The van der Waals surface area contributed by atoms with E-state index in [0.717, 1.165) is 10.7 Å². The van der Waals surface area contributed by atoms with Gasteiger partial charge in [0, 0.05) is 18.8 Å². The van der Waals surface area contributed by atoms with Gasteiger partial charge in [-0.3, -0.25) is 4.79 Å². The lowest BCUT2D eigenvalue weighted by Gasteiger charge is -2.01. The summed E-state index contributed by atoms with van der Waals surface area (Å²) in [6, 6.07) is 0. The molecule has 104 valence electrons. The fourth-order valence-corrected chi connectivity index (χ4v) is 2.87. The lowest BCUT2D eigenvalue weighted by molar-refractivity contribution is 0.545. The molecule has 0 radical (unpaired) electrons. The smallest absolute Gasteiger partial charge is 0.267 e. The Kier molecular flexibility index (Phi) is 3.49. The van der Waals surface area contributed by atoms with Crippen molar-refractivity contribution in [3.8, 4) is 0 Å². The number of hydrogen-bond donors (Lipinski definition) is 0. The molecule has 3 heterocycles. The second-order valence-electron chi connectivity index (χ2n) is 4.24. The normalized spacial score (nSPS) is 11.3. The second-order valence-corrected chi connectivity index (χ2v) is 5.45. The molecule has 0 saturated heterocycles. The van der Waals surface area contributed by atoms with Crippen LogP contribution in [0.5, 0.6) is 0 Å². The van der Waals surface area contributed by atoms with Gasteiger partial charge in [0.25, 0.3) is 5.56 Å². The third-order valence-electron chi connectivity index (χ3n) is 2.89. The molecule has 0 saturated carbocycles. The molecular weight excluding hydrogens is 300 g/mol. The van der Waals surface area contributed by atoms with E-state index < -0.39 is 0 Å². The molecule has 0 amide bonds. The summed E-state index contributed by atoms with van der Waals surface area (Å²) < 4.78 is 2.87. The van der Waals surface area contributed by atoms with E-state index >= 15 is 0 Å². The van der Waals surface area contributed by atoms with Crippen molar-refractivity contribution in [1.82, 2.24) is 29.8 Å². The Hall–Kier alpha value is -1.80. The lowest BCUT2D eigenvalue weighted by Crippen LogP contribution is -2.25. The minimum atomic E-state index is -0.183. The van der Waals surface area contributed by atoms with Gasteiger partial charge in [0.05, 0.1) is 29.3 Å². The zero-order valence-corrected chi connectivity index (χ0v) is 12.2. The summed E-state index contributed by atoms with van der Waals surface area (Å²) in [5.74, 6) is 0.401. The first kappa shape index (κ1) is 13.2. The van der Waals surface area contributed by atoms with E-state index in [0.29, 0.717) is 29.9 Å². The monoisotopic (exact) mass is 310 g/mol. The third kappa shape index (κ3) is 2.32. The maximum absolute atomic E-state index is 12.2. The molecule has 3 rings (SSSR count). The fraction of sp³-hybridized carbons (Fsp3) is 0.364. The largest absolute Gasteiger partial charge is 0.280 e. The molecule has 0 unspecified atom stereocenters. The number of rotatable bonds is 4. The van der Waals surface area contributed by atoms with Crippen molar-refractivity contribution in [2.45, 2.75) is 18.8 Å². The molecule has 9 heteroatoms. The van der Waals surface area contributed by atoms with E-state index in [1.807, 2.05) is 5.38 Å². The van der Waals surface area contributed by atoms with Gasteiger partial charge in [-0.05, 0) is 0 Å². The Morgan fingerprint density at radius 3 is 3.05 bits per heavy atom. The van der Waals surface area contributed by atoms with Gasteiger partial charge in [-0.2, -0.15) is 5.10 Å². The van der Waals surface area contributed by atoms with Gasteiger partial charge in [0.1, 0.15) is 5.39 Å². The van der Waals surface area contributed by atoms with Crippen LogP contribution in [0.3, 0.4) is 0 Å². The molecule has 0 aliphatic heterocycles. The minimum absolute atomic E-state index is 0.183. The van der Waals surface area contributed by atoms with Crippen LogP contribution in [0.1, 0.15) is 10.7 Å². The van der Waals surface area contributed by atoms with E-state index in [2.05, 4.69) is 20.4 Å². The molecule has 0 aliphatic rings. The predicted octanol–water partition coefficient (Wildman–Crippen LogP) is 0.963. The van der Waals surface area contributed by atoms with E-state index in [1.165, 1.54) is 26.9 Å². The highest BCUT2D eigenvalue weighted by atomic mass is 35.5. The molecule has 7 nitrogen and oxygen atoms in total. The van der Waals surface area contributed by atoms with Crippen molar-refractivity contribution in [1.29, 1.82) is 0 Å². The molecular formula is C11H11ClN6OS. The average molecular weight is 311 g/mol. The maximum Gasteiger partial charge on any atom is 0.280 e. The first-order chi connectivity index (χ1) is 9.69. The molecule has 0 atom stereocenters. The molecule has 3 aromatic heterocycles. The second kappa shape index (κ2) is 5.29. The van der Waals surface area contributed by atoms with Crippen molar-refractivity contribution >= 4 is 34.0 Å². The topological polar surface area (TPSA) is 78.5 Å². The van der Waals surface area contributed by atoms with Crippen LogP contribution < -0.4 is 5.56 Å². The lowest BCUT2D eigenvalue weighted by atomic mass is 10.4. The number of fused-ring (bicyclic) bond motifs is 1. The van der Waals surface area contributed by atoms with Crippen molar-refractivity contribution in [3.63, 3.8) is 0 Å². The highest BCUT2D eigenvalue weighted by molar-refractivity contribution is 7.09. The van der Waals surface area contributed by atoms with E-state index in [-0.39, 0.29) is 5.56 Å². The summed E-state index contributed by atoms with van der Waals surface area (Å²) in [6.45, 7) is 0.436. The zero-order valence-electron chi connectivity index (χ0n) is 10.7. The number of aromatic nitrogens is 6. The Bertz CT molecular complexity index is 807. The molecule has 0 N–H and O–H groups in total. The van der Waals surface area contributed by atoms with E-state index in [1.54, 1.807) is 7.05 Å². The number of thiazole rings is 1. The first-order valence-corrected chi connectivity index (χ1v) is 7.35. The summed E-state index contributed by atoms with van der Waals surface area (Å²) in [5, 5.41) is 15.3. The van der Waals surface area contributed by atoms with Crippen LogP contribution in [0.25, 0.3) is 11.0 Å². The number of aryl methyl sites for hydroxylation is 3. The van der Waals surface area contributed by atoms with Gasteiger partial charge >= 0.3 is 0 Å². The van der Waals surface area contributed by atoms with E-state index in [9.17, 15) is 4.79 Å². The molecule has 0 bridgehead atoms. The number of alkyl halides is 1. The Labute approximate surface area is 122 Å². The zero-order chi connectivity index (χ0) is 14.1. The highest BCUT2D eigenvalue weighted by Crippen LogP contribution is 2.12. The quantitative estimate of drug-likeness (QED) is 0.671. The van der Waals surface area contributed by atoms with Gasteiger partial charge in [-0.15, -0.1) is 28.0 Å². The predicted molar refractivity (Wildman–Crippen MR) is 75.9 cm³/mol. The summed E-state index contributed by atoms with van der Waals surface area (Å²) >= 11 is 7.24. The Morgan fingerprint density at radius 2 is 2.30 bits per heavy atom. The molecule has 0 aliphatic carbocycles. The fourth-order valence-electron chi connectivity index (χ4n) is 1.85. The summed E-state index contributed by atoms with van der Waals surface area (Å²) in [7, 11) is 1.73. The van der Waals surface area contributed by atoms with Crippen molar-refractivity contribution < 1.29 is 0 Å². The van der Waals surface area contributed by atoms with Gasteiger partial charge in [-0.1, -0.05) is 5.21 Å². The number of hydrogen-bond acceptors (Lipinski definition) is 6. The summed E-state index contributed by atoms with van der Waals surface area (Å²) in [5.41, 5.74) is 1.16. The maximum atomic E-state index is 12.2. The number of halogens is 1. The average Bonchev–Trinajstić information content (AvgIpc) is 3.06. The van der Waals surface area contributed by atoms with Gasteiger partial charge < -0.3 is 0 Å². The van der Waals surface area contributed by atoms with Crippen molar-refractivity contribution in [2.24, 2.45) is 7.05 Å². The standard InChI is InChI=1S/C11H11ClN6OS/c1-17-10-8(5-13-17)11(19)18(16-15-10)3-2-9-14-7(4-12)6-20-9/h5-6H,2-4H2,1H3. The highest BCUT2D eigenvalue weighted by Gasteiger charge is 2.10. The molecule has 0 fully saturated rings. The molecule has 0 aromatic carbocycles. The summed E-state index contributed by atoms with van der Waals surface area (Å²) in [4.78, 5) is 16.5. The van der Waals surface area contributed by atoms with Gasteiger partial charge in [0.2, 0.25) is 0 Å². The number of nitrogens with zero attached hydrogens (tertiary/aromatic N) is 6. The van der Waals surface area contributed by atoms with E-state index in [4.69, 9.17) is 11.6 Å². The van der Waals surface area contributed by atoms with Crippen LogP contribution in [0.2, 0.25) is 0 Å². The molecule has 0 spiro atoms. The minimum Gasteiger partial charge on any atom is -0.267 e. The molecule has 20 heavy (non-hydrogen) atoms. The SMILES string of the molecule is Cn1ncc2c(=O)n(CCc3nc(CCl)cs3)nnc21. The van der Waals surface area contributed by atoms with Crippen LogP contribution in [0.15, 0.2) is 16.4 Å². The van der Waals surface area contributed by atoms with Crippen LogP contribution in [0, 0.1) is 0 Å². The van der Waals surface area contributed by atoms with Crippen molar-refractivity contribution in [2.75, 3.05) is 0 Å². The van der Waals surface area contributed by atoms with Crippen molar-refractivity contribution in [3.05, 3.63) is 32.6 Å². The van der Waals surface area contributed by atoms with Crippen LogP contribution in [-0.4, -0.2) is 29.8 Å². The van der Waals surface area contributed by atoms with Crippen LogP contribution in [0.4, 0.5) is 0 Å². The Balaban J connectivity index is 1.84. The van der Waals surface area contributed by atoms with Crippen LogP contribution >= 0.6 is 22.9 Å². The first-order valence-electron chi connectivity index (χ1n) is 5.94. The van der Waals surface area contributed by atoms with Gasteiger partial charge in [-0.25, -0.2) is 14.3 Å². The molecule has 3 aromatic rings. The Morgan fingerprint density at radius 1 is 1.45 bits per heavy atom. The third-order valence-corrected chi connectivity index (χ3v) is 4.12. The van der Waals surface area contributed by atoms with Gasteiger partial charge in [0.15, 0.2) is 5.65 Å².